The zero-order chi connectivity index (χ0) is 21.4. The molecule has 0 saturated heterocycles. The molecule has 0 bridgehead atoms. The van der Waals surface area contributed by atoms with E-state index < -0.39 is 6.04 Å². The van der Waals surface area contributed by atoms with Crippen LogP contribution in [0.25, 0.3) is 0 Å². The molecule has 0 aromatic heterocycles. The Labute approximate surface area is 179 Å². The van der Waals surface area contributed by atoms with Crippen LogP contribution in [0.5, 0.6) is 0 Å². The number of benzene rings is 2. The SMILES string of the molecule is CCCCNC(=O)C(C)N(Cc1cccc(Cl)c1)C(=O)Cc1cc(C)cc(C)c1. The van der Waals surface area contributed by atoms with Crippen molar-refractivity contribution in [2.75, 3.05) is 6.54 Å². The van der Waals surface area contributed by atoms with Crippen LogP contribution in [0, 0.1) is 13.8 Å². The average molecular weight is 415 g/mol. The van der Waals surface area contributed by atoms with Crippen molar-refractivity contribution in [3.63, 3.8) is 0 Å². The summed E-state index contributed by atoms with van der Waals surface area (Å²) in [6.45, 7) is 8.87. The molecule has 2 amide bonds. The molecular weight excluding hydrogens is 384 g/mol. The van der Waals surface area contributed by atoms with Crippen molar-refractivity contribution >= 4 is 23.4 Å². The van der Waals surface area contributed by atoms with E-state index in [0.29, 0.717) is 18.1 Å². The number of nitrogens with one attached hydrogen (secondary N) is 1. The summed E-state index contributed by atoms with van der Waals surface area (Å²) in [6, 6.07) is 13.0. The smallest absolute Gasteiger partial charge is 0.242 e. The van der Waals surface area contributed by atoms with Crippen molar-refractivity contribution in [1.29, 1.82) is 0 Å². The van der Waals surface area contributed by atoms with Crippen LogP contribution in [-0.2, 0) is 22.6 Å². The lowest BCUT2D eigenvalue weighted by Crippen LogP contribution is -2.48. The number of halogens is 1. The van der Waals surface area contributed by atoms with Crippen LogP contribution in [-0.4, -0.2) is 29.3 Å². The molecule has 0 radical (unpaired) electrons. The number of rotatable bonds is 9. The lowest BCUT2D eigenvalue weighted by molar-refractivity contribution is -0.140. The number of hydrogen-bond donors (Lipinski definition) is 1. The Morgan fingerprint density at radius 2 is 1.76 bits per heavy atom. The fourth-order valence-electron chi connectivity index (χ4n) is 3.40. The molecule has 2 aromatic carbocycles. The highest BCUT2D eigenvalue weighted by Crippen LogP contribution is 2.17. The summed E-state index contributed by atoms with van der Waals surface area (Å²) in [7, 11) is 0. The summed E-state index contributed by atoms with van der Waals surface area (Å²) in [6.07, 6.45) is 2.19. The van der Waals surface area contributed by atoms with Crippen molar-refractivity contribution in [1.82, 2.24) is 10.2 Å². The number of carbonyl (C=O) groups excluding carboxylic acids is 2. The molecule has 0 saturated carbocycles. The van der Waals surface area contributed by atoms with Gasteiger partial charge in [0.15, 0.2) is 0 Å². The maximum atomic E-state index is 13.2. The maximum Gasteiger partial charge on any atom is 0.242 e. The first-order valence-electron chi connectivity index (χ1n) is 10.2. The Morgan fingerprint density at radius 3 is 2.38 bits per heavy atom. The van der Waals surface area contributed by atoms with Crippen LogP contribution in [0.2, 0.25) is 5.02 Å². The van der Waals surface area contributed by atoms with Gasteiger partial charge in [-0.3, -0.25) is 9.59 Å². The molecule has 0 aliphatic carbocycles. The van der Waals surface area contributed by atoms with E-state index in [1.54, 1.807) is 17.9 Å². The van der Waals surface area contributed by atoms with Gasteiger partial charge in [-0.05, 0) is 50.5 Å². The second-order valence-electron chi connectivity index (χ2n) is 7.64. The molecular formula is C24H31ClN2O2. The number of carbonyl (C=O) groups is 2. The molecule has 29 heavy (non-hydrogen) atoms. The first-order valence-corrected chi connectivity index (χ1v) is 10.6. The molecule has 5 heteroatoms. The largest absolute Gasteiger partial charge is 0.354 e. The minimum absolute atomic E-state index is 0.0758. The molecule has 2 aromatic rings. The zero-order valence-corrected chi connectivity index (χ0v) is 18.6. The third kappa shape index (κ3) is 7.21. The molecule has 0 heterocycles. The van der Waals surface area contributed by atoms with E-state index in [4.69, 9.17) is 11.6 Å². The molecule has 0 fully saturated rings. The van der Waals surface area contributed by atoms with Gasteiger partial charge in [-0.2, -0.15) is 0 Å². The Morgan fingerprint density at radius 1 is 1.07 bits per heavy atom. The van der Waals surface area contributed by atoms with Crippen LogP contribution < -0.4 is 5.32 Å². The molecule has 1 unspecified atom stereocenters. The number of hydrogen-bond acceptors (Lipinski definition) is 2. The predicted molar refractivity (Wildman–Crippen MR) is 119 cm³/mol. The van der Waals surface area contributed by atoms with Gasteiger partial charge in [-0.25, -0.2) is 0 Å². The van der Waals surface area contributed by atoms with Crippen molar-refractivity contribution < 1.29 is 9.59 Å². The minimum atomic E-state index is -0.566. The topological polar surface area (TPSA) is 49.4 Å². The second kappa shape index (κ2) is 11.0. The van der Waals surface area contributed by atoms with E-state index in [1.807, 2.05) is 44.2 Å². The second-order valence-corrected chi connectivity index (χ2v) is 8.08. The Bertz CT molecular complexity index is 830. The third-order valence-electron chi connectivity index (χ3n) is 4.88. The van der Waals surface area contributed by atoms with Gasteiger partial charge in [0.05, 0.1) is 6.42 Å². The highest BCUT2D eigenvalue weighted by molar-refractivity contribution is 6.30. The summed E-state index contributed by atoms with van der Waals surface area (Å²) in [5, 5.41) is 3.55. The Hall–Kier alpha value is -2.33. The van der Waals surface area contributed by atoms with Gasteiger partial charge in [0.25, 0.3) is 0 Å². The standard InChI is InChI=1S/C24H31ClN2O2/c1-5-6-10-26-24(29)19(4)27(16-20-8-7-9-22(25)14-20)23(28)15-21-12-17(2)11-18(3)13-21/h7-9,11-14,19H,5-6,10,15-16H2,1-4H3,(H,26,29). The van der Waals surface area contributed by atoms with Gasteiger partial charge in [0.2, 0.25) is 11.8 Å². The Kier molecular flexibility index (Phi) is 8.71. The van der Waals surface area contributed by atoms with Crippen LogP contribution in [0.3, 0.4) is 0 Å². The van der Waals surface area contributed by atoms with Crippen LogP contribution in [0.15, 0.2) is 42.5 Å². The summed E-state index contributed by atoms with van der Waals surface area (Å²) in [4.78, 5) is 27.5. The van der Waals surface area contributed by atoms with E-state index >= 15 is 0 Å². The lowest BCUT2D eigenvalue weighted by atomic mass is 10.0. The van der Waals surface area contributed by atoms with Crippen molar-refractivity contribution in [2.24, 2.45) is 0 Å². The van der Waals surface area contributed by atoms with Gasteiger partial charge in [0.1, 0.15) is 6.04 Å². The fourth-order valence-corrected chi connectivity index (χ4v) is 3.61. The molecule has 156 valence electrons. The van der Waals surface area contributed by atoms with Crippen molar-refractivity contribution in [2.45, 2.75) is 59.5 Å². The molecule has 4 nitrogen and oxygen atoms in total. The summed E-state index contributed by atoms with van der Waals surface area (Å²) in [5.41, 5.74) is 4.11. The molecule has 1 atom stereocenters. The molecule has 0 aliphatic heterocycles. The summed E-state index contributed by atoms with van der Waals surface area (Å²) < 4.78 is 0. The van der Waals surface area contributed by atoms with Crippen LogP contribution >= 0.6 is 11.6 Å². The number of aryl methyl sites for hydroxylation is 2. The van der Waals surface area contributed by atoms with Crippen LogP contribution in [0.1, 0.15) is 48.9 Å². The quantitative estimate of drug-likeness (QED) is 0.597. The van der Waals surface area contributed by atoms with Gasteiger partial charge in [-0.1, -0.05) is 66.4 Å². The Balaban J connectivity index is 2.22. The van der Waals surface area contributed by atoms with E-state index in [9.17, 15) is 9.59 Å². The lowest BCUT2D eigenvalue weighted by Gasteiger charge is -2.29. The van der Waals surface area contributed by atoms with Gasteiger partial charge >= 0.3 is 0 Å². The number of amides is 2. The number of unbranched alkanes of at least 4 members (excludes halogenated alkanes) is 1. The third-order valence-corrected chi connectivity index (χ3v) is 5.11. The average Bonchev–Trinajstić information content (AvgIpc) is 2.64. The predicted octanol–water partition coefficient (Wildman–Crippen LogP) is 4.83. The van der Waals surface area contributed by atoms with Crippen molar-refractivity contribution in [3.8, 4) is 0 Å². The van der Waals surface area contributed by atoms with E-state index in [1.165, 1.54) is 0 Å². The maximum absolute atomic E-state index is 13.2. The summed E-state index contributed by atoms with van der Waals surface area (Å²) >= 11 is 6.12. The number of nitrogens with zero attached hydrogens (tertiary/aromatic N) is 1. The summed E-state index contributed by atoms with van der Waals surface area (Å²) in [5.74, 6) is -0.206. The van der Waals surface area contributed by atoms with Crippen LogP contribution in [0.4, 0.5) is 0 Å². The van der Waals surface area contributed by atoms with Crippen molar-refractivity contribution in [3.05, 3.63) is 69.7 Å². The molecule has 0 spiro atoms. The molecule has 2 rings (SSSR count). The molecule has 0 aliphatic rings. The normalized spacial score (nSPS) is 11.8. The van der Waals surface area contributed by atoms with Gasteiger partial charge in [0, 0.05) is 18.1 Å². The highest BCUT2D eigenvalue weighted by Gasteiger charge is 2.26. The van der Waals surface area contributed by atoms with Gasteiger partial charge in [-0.15, -0.1) is 0 Å². The zero-order valence-electron chi connectivity index (χ0n) is 17.8. The highest BCUT2D eigenvalue weighted by atomic mass is 35.5. The van der Waals surface area contributed by atoms with Gasteiger partial charge < -0.3 is 10.2 Å². The first kappa shape index (κ1) is 23.0. The minimum Gasteiger partial charge on any atom is -0.354 e. The fraction of sp³-hybridized carbons (Fsp3) is 0.417. The monoisotopic (exact) mass is 414 g/mol. The molecule has 1 N–H and O–H groups in total. The van der Waals surface area contributed by atoms with E-state index in [0.717, 1.165) is 35.1 Å². The van der Waals surface area contributed by atoms with E-state index in [-0.39, 0.29) is 18.2 Å². The first-order chi connectivity index (χ1) is 13.8. The van der Waals surface area contributed by atoms with E-state index in [2.05, 4.69) is 18.3 Å².